The van der Waals surface area contributed by atoms with Gasteiger partial charge in [-0.05, 0) is 42.9 Å². The fourth-order valence-electron chi connectivity index (χ4n) is 3.55. The first kappa shape index (κ1) is 15.8. The lowest BCUT2D eigenvalue weighted by molar-refractivity contribution is -0.0162. The minimum absolute atomic E-state index is 0.183. The molecule has 3 N–H and O–H groups in total. The molecule has 0 radical (unpaired) electrons. The number of hydrogen-bond donors (Lipinski definition) is 2. The van der Waals surface area contributed by atoms with Crippen LogP contribution in [0.15, 0.2) is 18.2 Å². The molecule has 20 heavy (non-hydrogen) atoms. The molecule has 1 saturated carbocycles. The monoisotopic (exact) mass is 295 g/mol. The Morgan fingerprint density at radius 2 is 2.25 bits per heavy atom. The Morgan fingerprint density at radius 1 is 1.50 bits per heavy atom. The number of aliphatic hydroxyl groups is 1. The Morgan fingerprint density at radius 3 is 2.85 bits per heavy atom. The summed E-state index contributed by atoms with van der Waals surface area (Å²) in [5.41, 5.74) is 7.83. The highest BCUT2D eigenvalue weighted by Crippen LogP contribution is 2.48. The van der Waals surface area contributed by atoms with Gasteiger partial charge in [-0.25, -0.2) is 0 Å². The number of nitrogens with two attached hydrogens (primary N) is 1. The van der Waals surface area contributed by atoms with Gasteiger partial charge < -0.3 is 10.8 Å². The van der Waals surface area contributed by atoms with E-state index in [9.17, 15) is 5.11 Å². The van der Waals surface area contributed by atoms with Crippen molar-refractivity contribution < 1.29 is 5.11 Å². The van der Waals surface area contributed by atoms with Crippen LogP contribution in [-0.4, -0.2) is 11.7 Å². The molecular formula is C17H26ClNO. The Balaban J connectivity index is 2.27. The maximum Gasteiger partial charge on any atom is 0.0858 e. The lowest BCUT2D eigenvalue weighted by Crippen LogP contribution is -2.41. The van der Waals surface area contributed by atoms with E-state index in [4.69, 9.17) is 17.3 Å². The summed E-state index contributed by atoms with van der Waals surface area (Å²) in [5, 5.41) is 11.6. The van der Waals surface area contributed by atoms with E-state index in [-0.39, 0.29) is 5.41 Å². The largest absolute Gasteiger partial charge is 0.388 e. The molecular weight excluding hydrogens is 270 g/mol. The SMILES string of the molecule is CCC1CCCC(CN)(C(O)c2ccc(C)c(Cl)c2)C1. The first-order valence-electron chi connectivity index (χ1n) is 7.66. The molecule has 0 saturated heterocycles. The summed E-state index contributed by atoms with van der Waals surface area (Å²) in [7, 11) is 0. The van der Waals surface area contributed by atoms with Gasteiger partial charge in [-0.3, -0.25) is 0 Å². The number of halogens is 1. The molecule has 0 bridgehead atoms. The maximum atomic E-state index is 10.9. The lowest BCUT2D eigenvalue weighted by atomic mass is 9.64. The van der Waals surface area contributed by atoms with Gasteiger partial charge in [0, 0.05) is 17.0 Å². The minimum Gasteiger partial charge on any atom is -0.388 e. The van der Waals surface area contributed by atoms with Crippen LogP contribution in [0.5, 0.6) is 0 Å². The highest BCUT2D eigenvalue weighted by atomic mass is 35.5. The summed E-state index contributed by atoms with van der Waals surface area (Å²) in [5.74, 6) is 0.683. The van der Waals surface area contributed by atoms with E-state index in [0.29, 0.717) is 12.5 Å². The molecule has 3 unspecified atom stereocenters. The summed E-state index contributed by atoms with van der Waals surface area (Å²) in [6.45, 7) is 4.74. The van der Waals surface area contributed by atoms with E-state index in [1.54, 1.807) is 0 Å². The number of benzene rings is 1. The third kappa shape index (κ3) is 3.03. The fraction of sp³-hybridized carbons (Fsp3) is 0.647. The maximum absolute atomic E-state index is 10.9. The third-order valence-corrected chi connectivity index (χ3v) is 5.46. The molecule has 3 atom stereocenters. The zero-order valence-electron chi connectivity index (χ0n) is 12.5. The van der Waals surface area contributed by atoms with Gasteiger partial charge in [-0.15, -0.1) is 0 Å². The third-order valence-electron chi connectivity index (χ3n) is 5.06. The minimum atomic E-state index is -0.514. The summed E-state index contributed by atoms with van der Waals surface area (Å²) in [6, 6.07) is 5.86. The van der Waals surface area contributed by atoms with Gasteiger partial charge >= 0.3 is 0 Å². The molecule has 112 valence electrons. The predicted octanol–water partition coefficient (Wildman–Crippen LogP) is 4.23. The van der Waals surface area contributed by atoms with E-state index in [1.807, 2.05) is 25.1 Å². The van der Waals surface area contributed by atoms with Crippen LogP contribution in [0.2, 0.25) is 5.02 Å². The van der Waals surface area contributed by atoms with Crippen molar-refractivity contribution >= 4 is 11.6 Å². The standard InChI is InChI=1S/C17H26ClNO/c1-3-13-5-4-8-17(10-13,11-19)16(20)14-7-6-12(2)15(18)9-14/h6-7,9,13,16,20H,3-5,8,10-11,19H2,1-2H3. The van der Waals surface area contributed by atoms with Gasteiger partial charge in [0.25, 0.3) is 0 Å². The molecule has 2 nitrogen and oxygen atoms in total. The Bertz CT molecular complexity index is 462. The van der Waals surface area contributed by atoms with E-state index >= 15 is 0 Å². The van der Waals surface area contributed by atoms with Gasteiger partial charge in [0.15, 0.2) is 0 Å². The van der Waals surface area contributed by atoms with E-state index in [2.05, 4.69) is 6.92 Å². The van der Waals surface area contributed by atoms with Crippen molar-refractivity contribution in [3.63, 3.8) is 0 Å². The van der Waals surface area contributed by atoms with E-state index in [0.717, 1.165) is 35.4 Å². The number of hydrogen-bond acceptors (Lipinski definition) is 2. The Kier molecular flexibility index (Phi) is 5.11. The molecule has 3 heteroatoms. The second kappa shape index (κ2) is 6.46. The van der Waals surface area contributed by atoms with Crippen LogP contribution in [0.1, 0.15) is 56.3 Å². The summed E-state index contributed by atoms with van der Waals surface area (Å²) < 4.78 is 0. The average Bonchev–Trinajstić information content (AvgIpc) is 2.49. The van der Waals surface area contributed by atoms with Crippen molar-refractivity contribution in [1.29, 1.82) is 0 Å². The molecule has 0 aromatic heterocycles. The second-order valence-corrected chi connectivity index (χ2v) is 6.76. The first-order valence-corrected chi connectivity index (χ1v) is 8.04. The quantitative estimate of drug-likeness (QED) is 0.873. The molecule has 1 aromatic rings. The topological polar surface area (TPSA) is 46.2 Å². The van der Waals surface area contributed by atoms with Gasteiger partial charge in [0.05, 0.1) is 6.10 Å². The molecule has 1 fully saturated rings. The Hall–Kier alpha value is -0.570. The molecule has 1 aliphatic carbocycles. The molecule has 1 aliphatic rings. The van der Waals surface area contributed by atoms with Crippen LogP contribution in [0, 0.1) is 18.3 Å². The summed E-state index contributed by atoms with van der Waals surface area (Å²) >= 11 is 6.20. The zero-order valence-corrected chi connectivity index (χ0v) is 13.3. The molecule has 2 rings (SSSR count). The zero-order chi connectivity index (χ0) is 14.8. The van der Waals surface area contributed by atoms with Crippen molar-refractivity contribution in [2.45, 2.75) is 52.1 Å². The van der Waals surface area contributed by atoms with Crippen molar-refractivity contribution in [3.8, 4) is 0 Å². The highest BCUT2D eigenvalue weighted by molar-refractivity contribution is 6.31. The van der Waals surface area contributed by atoms with Crippen molar-refractivity contribution in [2.24, 2.45) is 17.1 Å². The second-order valence-electron chi connectivity index (χ2n) is 6.35. The number of aryl methyl sites for hydroxylation is 1. The summed E-state index contributed by atoms with van der Waals surface area (Å²) in [6.07, 6.45) is 5.11. The summed E-state index contributed by atoms with van der Waals surface area (Å²) in [4.78, 5) is 0. The molecule has 0 heterocycles. The number of aliphatic hydroxyl groups excluding tert-OH is 1. The van der Waals surface area contributed by atoms with Crippen LogP contribution in [0.4, 0.5) is 0 Å². The van der Waals surface area contributed by atoms with Crippen LogP contribution in [0.3, 0.4) is 0 Å². The Labute approximate surface area is 127 Å². The highest BCUT2D eigenvalue weighted by Gasteiger charge is 2.41. The molecule has 1 aromatic carbocycles. The van der Waals surface area contributed by atoms with Gasteiger partial charge in [0.1, 0.15) is 0 Å². The van der Waals surface area contributed by atoms with E-state index in [1.165, 1.54) is 12.8 Å². The molecule has 0 aliphatic heterocycles. The van der Waals surface area contributed by atoms with E-state index < -0.39 is 6.10 Å². The van der Waals surface area contributed by atoms with Crippen LogP contribution in [-0.2, 0) is 0 Å². The molecule has 0 amide bonds. The van der Waals surface area contributed by atoms with Crippen molar-refractivity contribution in [1.82, 2.24) is 0 Å². The van der Waals surface area contributed by atoms with Gasteiger partial charge in [-0.2, -0.15) is 0 Å². The van der Waals surface area contributed by atoms with Crippen LogP contribution in [0.25, 0.3) is 0 Å². The fourth-order valence-corrected chi connectivity index (χ4v) is 3.74. The van der Waals surface area contributed by atoms with Crippen LogP contribution < -0.4 is 5.73 Å². The van der Waals surface area contributed by atoms with Crippen molar-refractivity contribution in [2.75, 3.05) is 6.54 Å². The smallest absolute Gasteiger partial charge is 0.0858 e. The normalized spacial score (nSPS) is 28.4. The van der Waals surface area contributed by atoms with Crippen molar-refractivity contribution in [3.05, 3.63) is 34.3 Å². The first-order chi connectivity index (χ1) is 9.52. The van der Waals surface area contributed by atoms with Gasteiger partial charge in [-0.1, -0.05) is 49.9 Å². The van der Waals surface area contributed by atoms with Gasteiger partial charge in [0.2, 0.25) is 0 Å². The lowest BCUT2D eigenvalue weighted by Gasteiger charge is -2.43. The number of rotatable bonds is 4. The molecule has 0 spiro atoms. The predicted molar refractivity (Wildman–Crippen MR) is 84.9 cm³/mol. The average molecular weight is 296 g/mol. The van der Waals surface area contributed by atoms with Crippen LogP contribution >= 0.6 is 11.6 Å².